The van der Waals surface area contributed by atoms with Gasteiger partial charge in [-0.05, 0) is 42.3 Å². The van der Waals surface area contributed by atoms with Crippen LogP contribution in [0.15, 0.2) is 35.7 Å². The van der Waals surface area contributed by atoms with E-state index in [1.807, 2.05) is 40.5 Å². The number of carbonyl (C=O) groups is 1. The van der Waals surface area contributed by atoms with Gasteiger partial charge in [0.25, 0.3) is 0 Å². The molecule has 0 unspecified atom stereocenters. The third-order valence-electron chi connectivity index (χ3n) is 5.70. The smallest absolute Gasteiger partial charge is 0.227 e. The lowest BCUT2D eigenvalue weighted by Crippen LogP contribution is -2.48. The monoisotopic (exact) mass is 370 g/mol. The number of hydrogen-bond donors (Lipinski definition) is 0. The molecule has 2 aliphatic heterocycles. The normalized spacial score (nSPS) is 18.6. The summed E-state index contributed by atoms with van der Waals surface area (Å²) in [5.41, 5.74) is 2.49. The van der Waals surface area contributed by atoms with Gasteiger partial charge in [-0.3, -0.25) is 9.69 Å². The van der Waals surface area contributed by atoms with Crippen molar-refractivity contribution in [2.75, 3.05) is 26.7 Å². The predicted octanol–water partition coefficient (Wildman–Crippen LogP) is 3.35. The van der Waals surface area contributed by atoms with Gasteiger partial charge in [-0.15, -0.1) is 11.3 Å². The minimum Gasteiger partial charge on any atom is -0.496 e. The van der Waals surface area contributed by atoms with Gasteiger partial charge in [-0.2, -0.15) is 0 Å². The Balaban J connectivity index is 1.31. The highest BCUT2D eigenvalue weighted by Gasteiger charge is 2.29. The zero-order chi connectivity index (χ0) is 17.9. The maximum Gasteiger partial charge on any atom is 0.227 e. The van der Waals surface area contributed by atoms with Gasteiger partial charge in [0.2, 0.25) is 5.91 Å². The molecule has 26 heavy (non-hydrogen) atoms. The molecule has 3 heterocycles. The van der Waals surface area contributed by atoms with E-state index >= 15 is 0 Å². The molecule has 0 spiro atoms. The van der Waals surface area contributed by atoms with E-state index in [-0.39, 0.29) is 5.91 Å². The van der Waals surface area contributed by atoms with Gasteiger partial charge in [0.05, 0.1) is 13.5 Å². The van der Waals surface area contributed by atoms with Crippen molar-refractivity contribution >= 4 is 17.2 Å². The van der Waals surface area contributed by atoms with Crippen molar-refractivity contribution in [3.05, 3.63) is 51.7 Å². The molecule has 1 saturated heterocycles. The standard InChI is InChI=1S/C21H26N2O2S/c1-25-19-5-3-2-4-16(19)14-21(24)22-10-6-18(7-11-22)23-12-8-20-17(15-23)9-13-26-20/h2-5,9,13,18H,6-8,10-12,14-15H2,1H3. The topological polar surface area (TPSA) is 32.8 Å². The Bertz CT molecular complexity index is 765. The van der Waals surface area contributed by atoms with Crippen LogP contribution in [0.2, 0.25) is 0 Å². The quantitative estimate of drug-likeness (QED) is 0.827. The first kappa shape index (κ1) is 17.6. The first-order valence-corrected chi connectivity index (χ1v) is 10.3. The summed E-state index contributed by atoms with van der Waals surface area (Å²) in [5.74, 6) is 1.02. The van der Waals surface area contributed by atoms with Gasteiger partial charge in [-0.25, -0.2) is 0 Å². The molecule has 0 radical (unpaired) electrons. The van der Waals surface area contributed by atoms with E-state index in [1.54, 1.807) is 12.0 Å². The zero-order valence-corrected chi connectivity index (χ0v) is 16.1. The zero-order valence-electron chi connectivity index (χ0n) is 15.3. The van der Waals surface area contributed by atoms with Crippen LogP contribution < -0.4 is 4.74 Å². The lowest BCUT2D eigenvalue weighted by atomic mass is 9.99. The molecule has 2 aliphatic rings. The van der Waals surface area contributed by atoms with E-state index in [2.05, 4.69) is 16.3 Å². The Morgan fingerprint density at radius 3 is 2.81 bits per heavy atom. The van der Waals surface area contributed by atoms with Crippen LogP contribution in [0.1, 0.15) is 28.8 Å². The third kappa shape index (κ3) is 3.64. The van der Waals surface area contributed by atoms with Gasteiger partial charge in [0, 0.05) is 42.7 Å². The van der Waals surface area contributed by atoms with Crippen LogP contribution in [0.5, 0.6) is 5.75 Å². The molecule has 1 amide bonds. The number of nitrogens with zero attached hydrogens (tertiary/aromatic N) is 2. The van der Waals surface area contributed by atoms with Crippen molar-refractivity contribution in [2.45, 2.75) is 38.3 Å². The fraction of sp³-hybridized carbons (Fsp3) is 0.476. The second kappa shape index (κ2) is 7.80. The van der Waals surface area contributed by atoms with E-state index < -0.39 is 0 Å². The summed E-state index contributed by atoms with van der Waals surface area (Å²) in [4.78, 5) is 18.9. The molecule has 138 valence electrons. The molecule has 2 aromatic rings. The van der Waals surface area contributed by atoms with E-state index in [4.69, 9.17) is 4.74 Å². The van der Waals surface area contributed by atoms with Crippen molar-refractivity contribution in [2.24, 2.45) is 0 Å². The summed E-state index contributed by atoms with van der Waals surface area (Å²) in [7, 11) is 1.66. The van der Waals surface area contributed by atoms with Crippen molar-refractivity contribution in [3.8, 4) is 5.75 Å². The molecule has 5 heteroatoms. The van der Waals surface area contributed by atoms with Gasteiger partial charge in [-0.1, -0.05) is 18.2 Å². The SMILES string of the molecule is COc1ccccc1CC(=O)N1CCC(N2CCc3sccc3C2)CC1. The molecule has 0 atom stereocenters. The number of carbonyl (C=O) groups excluding carboxylic acids is 1. The molecule has 0 saturated carbocycles. The number of ether oxygens (including phenoxy) is 1. The maximum absolute atomic E-state index is 12.7. The third-order valence-corrected chi connectivity index (χ3v) is 6.73. The number of fused-ring (bicyclic) bond motifs is 1. The van der Waals surface area contributed by atoms with Crippen LogP contribution in [0, 0.1) is 0 Å². The molecule has 1 aromatic carbocycles. The second-order valence-electron chi connectivity index (χ2n) is 7.19. The highest BCUT2D eigenvalue weighted by molar-refractivity contribution is 7.10. The van der Waals surface area contributed by atoms with E-state index in [0.717, 1.165) is 50.3 Å². The molecular weight excluding hydrogens is 344 g/mol. The molecular formula is C21H26N2O2S. The predicted molar refractivity (Wildman–Crippen MR) is 105 cm³/mol. The lowest BCUT2D eigenvalue weighted by molar-refractivity contribution is -0.132. The minimum atomic E-state index is 0.215. The number of para-hydroxylation sites is 1. The summed E-state index contributed by atoms with van der Waals surface area (Å²) in [6.45, 7) is 3.98. The number of thiophene rings is 1. The molecule has 4 rings (SSSR count). The number of methoxy groups -OCH3 is 1. The molecule has 4 nitrogen and oxygen atoms in total. The van der Waals surface area contributed by atoms with Crippen LogP contribution in [0.25, 0.3) is 0 Å². The Morgan fingerprint density at radius 2 is 2.00 bits per heavy atom. The summed E-state index contributed by atoms with van der Waals surface area (Å²) in [6, 6.07) is 10.7. The average Bonchev–Trinajstić information content (AvgIpc) is 3.16. The number of benzene rings is 1. The number of rotatable bonds is 4. The first-order chi connectivity index (χ1) is 12.7. The van der Waals surface area contributed by atoms with Crippen molar-refractivity contribution in [1.82, 2.24) is 9.80 Å². The highest BCUT2D eigenvalue weighted by Crippen LogP contribution is 2.28. The fourth-order valence-electron chi connectivity index (χ4n) is 4.19. The van der Waals surface area contributed by atoms with E-state index in [9.17, 15) is 4.79 Å². The average molecular weight is 371 g/mol. The minimum absolute atomic E-state index is 0.215. The highest BCUT2D eigenvalue weighted by atomic mass is 32.1. The van der Waals surface area contributed by atoms with Crippen molar-refractivity contribution < 1.29 is 9.53 Å². The molecule has 0 N–H and O–H groups in total. The fourth-order valence-corrected chi connectivity index (χ4v) is 5.08. The Kier molecular flexibility index (Phi) is 5.27. The van der Waals surface area contributed by atoms with Crippen molar-refractivity contribution in [3.63, 3.8) is 0 Å². The van der Waals surface area contributed by atoms with Crippen LogP contribution in [0.4, 0.5) is 0 Å². The Hall–Kier alpha value is -1.85. The van der Waals surface area contributed by atoms with Crippen LogP contribution >= 0.6 is 11.3 Å². The van der Waals surface area contributed by atoms with Gasteiger partial charge in [0.1, 0.15) is 5.75 Å². The number of hydrogen-bond acceptors (Lipinski definition) is 4. The van der Waals surface area contributed by atoms with Gasteiger partial charge >= 0.3 is 0 Å². The first-order valence-electron chi connectivity index (χ1n) is 9.43. The Morgan fingerprint density at radius 1 is 1.19 bits per heavy atom. The van der Waals surface area contributed by atoms with Crippen LogP contribution in [-0.4, -0.2) is 48.5 Å². The lowest BCUT2D eigenvalue weighted by Gasteiger charge is -2.40. The Labute approximate surface area is 159 Å². The summed E-state index contributed by atoms with van der Waals surface area (Å²) in [6.07, 6.45) is 3.77. The molecule has 1 aromatic heterocycles. The summed E-state index contributed by atoms with van der Waals surface area (Å²) >= 11 is 1.89. The van der Waals surface area contributed by atoms with E-state index in [0.29, 0.717) is 12.5 Å². The molecule has 0 aliphatic carbocycles. The molecule has 0 bridgehead atoms. The number of amides is 1. The van der Waals surface area contributed by atoms with E-state index in [1.165, 1.54) is 12.0 Å². The summed E-state index contributed by atoms with van der Waals surface area (Å²) in [5, 5.41) is 2.22. The van der Waals surface area contributed by atoms with Crippen molar-refractivity contribution in [1.29, 1.82) is 0 Å². The van der Waals surface area contributed by atoms with Gasteiger partial charge < -0.3 is 9.64 Å². The number of likely N-dealkylation sites (tertiary alicyclic amines) is 1. The van der Waals surface area contributed by atoms with Crippen LogP contribution in [-0.2, 0) is 24.2 Å². The molecule has 1 fully saturated rings. The maximum atomic E-state index is 12.7. The number of piperidine rings is 1. The second-order valence-corrected chi connectivity index (χ2v) is 8.19. The largest absolute Gasteiger partial charge is 0.496 e. The van der Waals surface area contributed by atoms with Gasteiger partial charge in [0.15, 0.2) is 0 Å². The van der Waals surface area contributed by atoms with Crippen LogP contribution in [0.3, 0.4) is 0 Å². The summed E-state index contributed by atoms with van der Waals surface area (Å²) < 4.78 is 5.38.